The number of rotatable bonds is 2. The monoisotopic (exact) mass is 254 g/mol. The molecule has 2 aromatic rings. The highest BCUT2D eigenvalue weighted by Gasteiger charge is 2.06. The summed E-state index contributed by atoms with van der Waals surface area (Å²) in [5, 5.41) is 2.09. The standard InChI is InChI=1S/C12H12Cl2N2/c1-7-8(2-3-15)4-9-5-10(13)11(14)6-12(9)16-7/h4-6H,2-3,15H2,1H3. The molecule has 0 unspecified atom stereocenters. The second-order valence-electron chi connectivity index (χ2n) is 3.73. The van der Waals surface area contributed by atoms with E-state index in [0.717, 1.165) is 28.6 Å². The molecule has 1 heterocycles. The Labute approximate surface area is 104 Å². The van der Waals surface area contributed by atoms with Crippen molar-refractivity contribution in [3.63, 3.8) is 0 Å². The van der Waals surface area contributed by atoms with Crippen molar-refractivity contribution in [1.29, 1.82) is 0 Å². The van der Waals surface area contributed by atoms with Crippen LogP contribution in [0.2, 0.25) is 10.0 Å². The molecule has 0 spiro atoms. The van der Waals surface area contributed by atoms with E-state index in [2.05, 4.69) is 11.1 Å². The lowest BCUT2D eigenvalue weighted by atomic mass is 10.1. The van der Waals surface area contributed by atoms with Crippen LogP contribution in [-0.4, -0.2) is 11.5 Å². The summed E-state index contributed by atoms with van der Waals surface area (Å²) < 4.78 is 0. The number of aromatic nitrogens is 1. The zero-order chi connectivity index (χ0) is 11.7. The molecule has 0 bridgehead atoms. The van der Waals surface area contributed by atoms with Crippen LogP contribution in [0.4, 0.5) is 0 Å². The Morgan fingerprint density at radius 2 is 1.88 bits per heavy atom. The molecule has 0 fully saturated rings. The molecule has 1 aromatic carbocycles. The molecule has 2 N–H and O–H groups in total. The zero-order valence-corrected chi connectivity index (χ0v) is 10.4. The first-order valence-corrected chi connectivity index (χ1v) is 5.82. The first-order chi connectivity index (χ1) is 7.61. The maximum Gasteiger partial charge on any atom is 0.0721 e. The number of halogens is 2. The first-order valence-electron chi connectivity index (χ1n) is 5.07. The van der Waals surface area contributed by atoms with Crippen molar-refractivity contribution >= 4 is 34.1 Å². The van der Waals surface area contributed by atoms with Crippen LogP contribution in [0.25, 0.3) is 10.9 Å². The van der Waals surface area contributed by atoms with E-state index in [1.165, 1.54) is 0 Å². The van der Waals surface area contributed by atoms with E-state index >= 15 is 0 Å². The lowest BCUT2D eigenvalue weighted by Crippen LogP contribution is -2.05. The number of pyridine rings is 1. The average molecular weight is 255 g/mol. The summed E-state index contributed by atoms with van der Waals surface area (Å²) in [4.78, 5) is 4.50. The topological polar surface area (TPSA) is 38.9 Å². The Hall–Kier alpha value is -0.830. The van der Waals surface area contributed by atoms with Crippen molar-refractivity contribution in [3.05, 3.63) is 39.5 Å². The molecule has 0 saturated carbocycles. The van der Waals surface area contributed by atoms with Crippen molar-refractivity contribution < 1.29 is 0 Å². The number of hydrogen-bond acceptors (Lipinski definition) is 2. The highest BCUT2D eigenvalue weighted by molar-refractivity contribution is 6.42. The van der Waals surface area contributed by atoms with Crippen LogP contribution in [0.3, 0.4) is 0 Å². The number of hydrogen-bond donors (Lipinski definition) is 1. The molecule has 1 aromatic heterocycles. The predicted octanol–water partition coefficient (Wildman–Crippen LogP) is 3.35. The van der Waals surface area contributed by atoms with Gasteiger partial charge in [-0.25, -0.2) is 0 Å². The molecule has 0 saturated heterocycles. The van der Waals surface area contributed by atoms with Gasteiger partial charge in [-0.3, -0.25) is 4.98 Å². The van der Waals surface area contributed by atoms with Gasteiger partial charge in [-0.15, -0.1) is 0 Å². The van der Waals surface area contributed by atoms with E-state index in [4.69, 9.17) is 28.9 Å². The summed E-state index contributed by atoms with van der Waals surface area (Å²) in [6.07, 6.45) is 0.828. The molecule has 0 aliphatic rings. The first kappa shape index (κ1) is 11.6. The van der Waals surface area contributed by atoms with Gasteiger partial charge in [-0.1, -0.05) is 23.2 Å². The third kappa shape index (κ3) is 2.14. The van der Waals surface area contributed by atoms with Crippen molar-refractivity contribution in [2.24, 2.45) is 5.73 Å². The Morgan fingerprint density at radius 1 is 1.19 bits per heavy atom. The minimum Gasteiger partial charge on any atom is -0.330 e. The molecule has 16 heavy (non-hydrogen) atoms. The molecule has 0 atom stereocenters. The fourth-order valence-corrected chi connectivity index (χ4v) is 2.05. The summed E-state index contributed by atoms with van der Waals surface area (Å²) in [7, 11) is 0. The van der Waals surface area contributed by atoms with E-state index in [1.54, 1.807) is 6.07 Å². The van der Waals surface area contributed by atoms with E-state index in [9.17, 15) is 0 Å². The predicted molar refractivity (Wildman–Crippen MR) is 69.3 cm³/mol. The molecule has 4 heteroatoms. The summed E-state index contributed by atoms with van der Waals surface area (Å²) in [5.74, 6) is 0. The second kappa shape index (κ2) is 4.58. The fourth-order valence-electron chi connectivity index (χ4n) is 1.72. The maximum absolute atomic E-state index is 5.97. The molecular formula is C12H12Cl2N2. The van der Waals surface area contributed by atoms with Crippen LogP contribution in [0.1, 0.15) is 11.3 Å². The molecule has 2 rings (SSSR count). The summed E-state index contributed by atoms with van der Waals surface area (Å²) >= 11 is 11.9. The summed E-state index contributed by atoms with van der Waals surface area (Å²) in [6, 6.07) is 5.71. The SMILES string of the molecule is Cc1nc2cc(Cl)c(Cl)cc2cc1CCN. The van der Waals surface area contributed by atoms with Gasteiger partial charge in [0.05, 0.1) is 15.6 Å². The smallest absolute Gasteiger partial charge is 0.0721 e. The molecule has 0 radical (unpaired) electrons. The zero-order valence-electron chi connectivity index (χ0n) is 8.93. The Kier molecular flexibility index (Phi) is 3.33. The Bertz CT molecular complexity index is 538. The van der Waals surface area contributed by atoms with Gasteiger partial charge in [0, 0.05) is 11.1 Å². The van der Waals surface area contributed by atoms with Gasteiger partial charge < -0.3 is 5.73 Å². The van der Waals surface area contributed by atoms with Crippen LogP contribution in [0.5, 0.6) is 0 Å². The van der Waals surface area contributed by atoms with Crippen molar-refractivity contribution in [2.75, 3.05) is 6.54 Å². The van der Waals surface area contributed by atoms with Crippen molar-refractivity contribution in [1.82, 2.24) is 4.98 Å². The number of fused-ring (bicyclic) bond motifs is 1. The summed E-state index contributed by atoms with van der Waals surface area (Å²) in [6.45, 7) is 2.60. The van der Waals surface area contributed by atoms with Crippen LogP contribution in [0.15, 0.2) is 18.2 Å². The van der Waals surface area contributed by atoms with Crippen LogP contribution in [-0.2, 0) is 6.42 Å². The lowest BCUT2D eigenvalue weighted by Gasteiger charge is -2.07. The van der Waals surface area contributed by atoms with E-state index in [0.29, 0.717) is 16.6 Å². The molecule has 2 nitrogen and oxygen atoms in total. The van der Waals surface area contributed by atoms with E-state index < -0.39 is 0 Å². The molecule has 0 aliphatic heterocycles. The Balaban J connectivity index is 2.65. The third-order valence-corrected chi connectivity index (χ3v) is 3.29. The lowest BCUT2D eigenvalue weighted by molar-refractivity contribution is 0.946. The number of benzene rings is 1. The van der Waals surface area contributed by atoms with Gasteiger partial charge in [-0.2, -0.15) is 0 Å². The second-order valence-corrected chi connectivity index (χ2v) is 4.54. The molecule has 0 aliphatic carbocycles. The van der Waals surface area contributed by atoms with Gasteiger partial charge in [0.15, 0.2) is 0 Å². The van der Waals surface area contributed by atoms with Crippen LogP contribution >= 0.6 is 23.2 Å². The van der Waals surface area contributed by atoms with E-state index in [1.807, 2.05) is 13.0 Å². The van der Waals surface area contributed by atoms with E-state index in [-0.39, 0.29) is 0 Å². The molecular weight excluding hydrogens is 243 g/mol. The third-order valence-electron chi connectivity index (χ3n) is 2.57. The number of nitrogens with zero attached hydrogens (tertiary/aromatic N) is 1. The summed E-state index contributed by atoms with van der Waals surface area (Å²) in [5.41, 5.74) is 8.58. The number of nitrogens with two attached hydrogens (primary N) is 1. The van der Waals surface area contributed by atoms with Crippen molar-refractivity contribution in [3.8, 4) is 0 Å². The number of aryl methyl sites for hydroxylation is 1. The molecule has 84 valence electrons. The van der Waals surface area contributed by atoms with Gasteiger partial charge in [-0.05, 0) is 43.7 Å². The fraction of sp³-hybridized carbons (Fsp3) is 0.250. The Morgan fingerprint density at radius 3 is 2.56 bits per heavy atom. The van der Waals surface area contributed by atoms with Crippen LogP contribution in [0, 0.1) is 6.92 Å². The van der Waals surface area contributed by atoms with Gasteiger partial charge in [0.25, 0.3) is 0 Å². The van der Waals surface area contributed by atoms with Crippen LogP contribution < -0.4 is 5.73 Å². The minimum atomic E-state index is 0.535. The average Bonchev–Trinajstić information content (AvgIpc) is 2.23. The van der Waals surface area contributed by atoms with Gasteiger partial charge in [0.1, 0.15) is 0 Å². The van der Waals surface area contributed by atoms with Gasteiger partial charge >= 0.3 is 0 Å². The quantitative estimate of drug-likeness (QED) is 0.893. The molecule has 0 amide bonds. The van der Waals surface area contributed by atoms with Gasteiger partial charge in [0.2, 0.25) is 0 Å². The normalized spacial score (nSPS) is 11.0. The minimum absolute atomic E-state index is 0.535. The highest BCUT2D eigenvalue weighted by Crippen LogP contribution is 2.28. The largest absolute Gasteiger partial charge is 0.330 e. The maximum atomic E-state index is 5.97. The van der Waals surface area contributed by atoms with Crippen molar-refractivity contribution in [2.45, 2.75) is 13.3 Å². The highest BCUT2D eigenvalue weighted by atomic mass is 35.5.